The van der Waals surface area contributed by atoms with E-state index in [2.05, 4.69) is 5.32 Å². The number of amides is 1. The highest BCUT2D eigenvalue weighted by molar-refractivity contribution is 6.01. The van der Waals surface area contributed by atoms with Gasteiger partial charge in [0.2, 0.25) is 5.91 Å². The lowest BCUT2D eigenvalue weighted by Crippen LogP contribution is -2.15. The van der Waals surface area contributed by atoms with E-state index in [-0.39, 0.29) is 5.69 Å². The molecule has 0 atom stereocenters. The van der Waals surface area contributed by atoms with Gasteiger partial charge in [-0.05, 0) is 35.9 Å². The van der Waals surface area contributed by atoms with Crippen LogP contribution in [-0.4, -0.2) is 19.1 Å². The number of carbonyl (C=O) groups is 1. The molecule has 2 aromatic rings. The van der Waals surface area contributed by atoms with Crippen molar-refractivity contribution in [3.05, 3.63) is 59.7 Å². The first-order valence-corrected chi connectivity index (χ1v) is 6.95. The summed E-state index contributed by atoms with van der Waals surface area (Å²) in [4.78, 5) is 11.8. The van der Waals surface area contributed by atoms with Crippen molar-refractivity contribution in [1.29, 1.82) is 0 Å². The maximum Gasteiger partial charge on any atom is 0.248 e. The SMILES string of the molecule is O=C(/C=C/c1ccc2c(c1)OCCO2)Nc1ccc(F)c(F)c1. The average molecular weight is 317 g/mol. The molecule has 1 amide bonds. The summed E-state index contributed by atoms with van der Waals surface area (Å²) >= 11 is 0. The van der Waals surface area contributed by atoms with Crippen LogP contribution in [0.5, 0.6) is 11.5 Å². The van der Waals surface area contributed by atoms with Crippen molar-refractivity contribution >= 4 is 17.7 Å². The van der Waals surface area contributed by atoms with E-state index < -0.39 is 17.5 Å². The number of benzene rings is 2. The summed E-state index contributed by atoms with van der Waals surface area (Å²) in [5.74, 6) is -1.14. The molecule has 0 unspecified atom stereocenters. The molecule has 1 aliphatic heterocycles. The third-order valence-corrected chi connectivity index (χ3v) is 3.18. The second-order valence-corrected chi connectivity index (χ2v) is 4.85. The average Bonchev–Trinajstić information content (AvgIpc) is 2.56. The van der Waals surface area contributed by atoms with Crippen molar-refractivity contribution in [3.63, 3.8) is 0 Å². The van der Waals surface area contributed by atoms with Gasteiger partial charge in [-0.15, -0.1) is 0 Å². The molecule has 2 aromatic carbocycles. The van der Waals surface area contributed by atoms with Crippen LogP contribution in [0.15, 0.2) is 42.5 Å². The third-order valence-electron chi connectivity index (χ3n) is 3.18. The van der Waals surface area contributed by atoms with Gasteiger partial charge in [0.05, 0.1) is 0 Å². The van der Waals surface area contributed by atoms with E-state index in [9.17, 15) is 13.6 Å². The first-order chi connectivity index (χ1) is 11.1. The zero-order chi connectivity index (χ0) is 16.2. The Morgan fingerprint density at radius 3 is 2.57 bits per heavy atom. The molecule has 0 bridgehead atoms. The lowest BCUT2D eigenvalue weighted by atomic mass is 10.2. The van der Waals surface area contributed by atoms with Gasteiger partial charge in [0.25, 0.3) is 0 Å². The standard InChI is InChI=1S/C17H13F2NO3/c18-13-4-3-12(10-14(13)19)20-17(21)6-2-11-1-5-15-16(9-11)23-8-7-22-15/h1-6,9-10H,7-8H2,(H,20,21)/b6-2+. The molecule has 3 rings (SSSR count). The number of hydrogen-bond acceptors (Lipinski definition) is 3. The Morgan fingerprint density at radius 2 is 1.78 bits per heavy atom. The monoisotopic (exact) mass is 317 g/mol. The fraction of sp³-hybridized carbons (Fsp3) is 0.118. The van der Waals surface area contributed by atoms with E-state index in [4.69, 9.17) is 9.47 Å². The summed E-state index contributed by atoms with van der Waals surface area (Å²) < 4.78 is 36.8. The maximum absolute atomic E-state index is 13.1. The summed E-state index contributed by atoms with van der Waals surface area (Å²) in [6.45, 7) is 0.996. The van der Waals surface area contributed by atoms with E-state index in [0.29, 0.717) is 24.7 Å². The first-order valence-electron chi connectivity index (χ1n) is 6.95. The maximum atomic E-state index is 13.1. The minimum absolute atomic E-state index is 0.181. The topological polar surface area (TPSA) is 47.6 Å². The van der Waals surface area contributed by atoms with Gasteiger partial charge in [0.1, 0.15) is 13.2 Å². The quantitative estimate of drug-likeness (QED) is 0.883. The summed E-state index contributed by atoms with van der Waals surface area (Å²) in [5, 5.41) is 2.45. The fourth-order valence-electron chi connectivity index (χ4n) is 2.09. The van der Waals surface area contributed by atoms with Crippen LogP contribution in [0, 0.1) is 11.6 Å². The molecule has 0 saturated heterocycles. The van der Waals surface area contributed by atoms with Crippen molar-refractivity contribution in [2.75, 3.05) is 18.5 Å². The second-order valence-electron chi connectivity index (χ2n) is 4.85. The Morgan fingerprint density at radius 1 is 1.00 bits per heavy atom. The van der Waals surface area contributed by atoms with Gasteiger partial charge in [0, 0.05) is 17.8 Å². The van der Waals surface area contributed by atoms with Gasteiger partial charge in [-0.3, -0.25) is 4.79 Å². The molecule has 0 aromatic heterocycles. The third kappa shape index (κ3) is 3.66. The van der Waals surface area contributed by atoms with E-state index in [1.165, 1.54) is 12.1 Å². The molecular formula is C17H13F2NO3. The van der Waals surface area contributed by atoms with Gasteiger partial charge >= 0.3 is 0 Å². The molecule has 23 heavy (non-hydrogen) atoms. The number of hydrogen-bond donors (Lipinski definition) is 1. The minimum Gasteiger partial charge on any atom is -0.486 e. The molecule has 1 aliphatic rings. The zero-order valence-corrected chi connectivity index (χ0v) is 12.0. The summed E-state index contributed by atoms with van der Waals surface area (Å²) in [7, 11) is 0. The number of fused-ring (bicyclic) bond motifs is 1. The highest BCUT2D eigenvalue weighted by atomic mass is 19.2. The number of ether oxygens (including phenoxy) is 2. The minimum atomic E-state index is -1.02. The van der Waals surface area contributed by atoms with Crippen LogP contribution >= 0.6 is 0 Å². The molecule has 0 fully saturated rings. The number of halogens is 2. The van der Waals surface area contributed by atoms with Gasteiger partial charge in [-0.1, -0.05) is 6.07 Å². The van der Waals surface area contributed by atoms with Crippen LogP contribution in [0.1, 0.15) is 5.56 Å². The van der Waals surface area contributed by atoms with Gasteiger partial charge in [-0.2, -0.15) is 0 Å². The molecule has 0 saturated carbocycles. The Balaban J connectivity index is 1.67. The van der Waals surface area contributed by atoms with Crippen LogP contribution in [-0.2, 0) is 4.79 Å². The Bertz CT molecular complexity index is 774. The van der Waals surface area contributed by atoms with Crippen LogP contribution in [0.2, 0.25) is 0 Å². The predicted molar refractivity (Wildman–Crippen MR) is 81.5 cm³/mol. The first kappa shape index (κ1) is 15.0. The van der Waals surface area contributed by atoms with E-state index in [1.54, 1.807) is 24.3 Å². The highest BCUT2D eigenvalue weighted by Crippen LogP contribution is 2.31. The van der Waals surface area contributed by atoms with E-state index in [0.717, 1.165) is 17.7 Å². The van der Waals surface area contributed by atoms with Gasteiger partial charge in [-0.25, -0.2) is 8.78 Å². The van der Waals surface area contributed by atoms with Crippen molar-refractivity contribution in [2.24, 2.45) is 0 Å². The zero-order valence-electron chi connectivity index (χ0n) is 12.0. The number of nitrogens with one attached hydrogen (secondary N) is 1. The van der Waals surface area contributed by atoms with E-state index >= 15 is 0 Å². The molecule has 4 nitrogen and oxygen atoms in total. The summed E-state index contributed by atoms with van der Waals surface area (Å²) in [6.07, 6.45) is 2.89. The highest BCUT2D eigenvalue weighted by Gasteiger charge is 2.11. The molecule has 0 aliphatic carbocycles. The molecular weight excluding hydrogens is 304 g/mol. The van der Waals surface area contributed by atoms with Crippen molar-refractivity contribution in [2.45, 2.75) is 0 Å². The summed E-state index contributed by atoms with van der Waals surface area (Å²) in [6, 6.07) is 8.47. The lowest BCUT2D eigenvalue weighted by Gasteiger charge is -2.18. The molecule has 0 spiro atoms. The molecule has 1 heterocycles. The summed E-state index contributed by atoms with van der Waals surface area (Å²) in [5.41, 5.74) is 0.940. The van der Waals surface area contributed by atoms with Crippen LogP contribution < -0.4 is 14.8 Å². The van der Waals surface area contributed by atoms with Crippen LogP contribution in [0.4, 0.5) is 14.5 Å². The largest absolute Gasteiger partial charge is 0.486 e. The molecule has 1 N–H and O–H groups in total. The fourth-order valence-corrected chi connectivity index (χ4v) is 2.09. The van der Waals surface area contributed by atoms with E-state index in [1.807, 2.05) is 0 Å². The number of carbonyl (C=O) groups excluding carboxylic acids is 1. The molecule has 6 heteroatoms. The van der Waals surface area contributed by atoms with Crippen molar-refractivity contribution < 1.29 is 23.0 Å². The smallest absolute Gasteiger partial charge is 0.248 e. The second kappa shape index (κ2) is 6.48. The van der Waals surface area contributed by atoms with Crippen LogP contribution in [0.25, 0.3) is 6.08 Å². The lowest BCUT2D eigenvalue weighted by molar-refractivity contribution is -0.111. The van der Waals surface area contributed by atoms with Gasteiger partial charge < -0.3 is 14.8 Å². The van der Waals surface area contributed by atoms with Crippen molar-refractivity contribution in [1.82, 2.24) is 0 Å². The molecule has 118 valence electrons. The molecule has 0 radical (unpaired) electrons. The van der Waals surface area contributed by atoms with Crippen molar-refractivity contribution in [3.8, 4) is 11.5 Å². The normalized spacial score (nSPS) is 13.1. The van der Waals surface area contributed by atoms with Crippen LogP contribution in [0.3, 0.4) is 0 Å². The number of rotatable bonds is 3. The number of anilines is 1. The predicted octanol–water partition coefficient (Wildman–Crippen LogP) is 3.39. The van der Waals surface area contributed by atoms with Gasteiger partial charge in [0.15, 0.2) is 23.1 Å². The Hall–Kier alpha value is -2.89. The Kier molecular flexibility index (Phi) is 4.23. The Labute approximate surface area is 131 Å².